The van der Waals surface area contributed by atoms with E-state index in [0.29, 0.717) is 19.8 Å². The van der Waals surface area contributed by atoms with Crippen LogP contribution in [-0.2, 0) is 0 Å². The zero-order valence-corrected chi connectivity index (χ0v) is 13.3. The van der Waals surface area contributed by atoms with E-state index in [9.17, 15) is 0 Å². The summed E-state index contributed by atoms with van der Waals surface area (Å²) in [7, 11) is 0. The van der Waals surface area contributed by atoms with Crippen molar-refractivity contribution in [3.8, 4) is 11.5 Å². The molecule has 0 aromatic heterocycles. The zero-order valence-electron chi connectivity index (χ0n) is 11.7. The summed E-state index contributed by atoms with van der Waals surface area (Å²) in [5, 5.41) is 3.39. The molecule has 1 aliphatic rings. The summed E-state index contributed by atoms with van der Waals surface area (Å²) in [5.74, 6) is 1.56. The van der Waals surface area contributed by atoms with Crippen LogP contribution in [0.4, 0.5) is 0 Å². The highest BCUT2D eigenvalue weighted by molar-refractivity contribution is 9.10. The van der Waals surface area contributed by atoms with Crippen LogP contribution in [0.1, 0.15) is 24.9 Å². The van der Waals surface area contributed by atoms with Gasteiger partial charge in [0.2, 0.25) is 0 Å². The fourth-order valence-corrected chi connectivity index (χ4v) is 2.66. The van der Waals surface area contributed by atoms with Crippen molar-refractivity contribution in [2.45, 2.75) is 19.4 Å². The number of hydrogen-bond acceptors (Lipinski definition) is 4. The lowest BCUT2D eigenvalue weighted by Crippen LogP contribution is -2.29. The third-order valence-electron chi connectivity index (χ3n) is 3.11. The van der Waals surface area contributed by atoms with E-state index in [4.69, 9.17) is 15.2 Å². The molecule has 4 nitrogen and oxygen atoms in total. The Balaban J connectivity index is 2.24. The average molecular weight is 341 g/mol. The van der Waals surface area contributed by atoms with Gasteiger partial charge in [-0.15, -0.1) is 0 Å². The van der Waals surface area contributed by atoms with Crippen LogP contribution in [-0.4, -0.2) is 26.3 Å². The van der Waals surface area contributed by atoms with Gasteiger partial charge in [-0.1, -0.05) is 12.2 Å². The van der Waals surface area contributed by atoms with Gasteiger partial charge in [0.25, 0.3) is 0 Å². The summed E-state index contributed by atoms with van der Waals surface area (Å²) in [6.45, 7) is 8.50. The molecule has 5 heteroatoms. The molecule has 1 aromatic rings. The van der Waals surface area contributed by atoms with E-state index in [-0.39, 0.29) is 6.04 Å². The van der Waals surface area contributed by atoms with E-state index in [1.165, 1.54) is 0 Å². The van der Waals surface area contributed by atoms with Crippen LogP contribution < -0.4 is 20.5 Å². The van der Waals surface area contributed by atoms with Gasteiger partial charge in [0.1, 0.15) is 0 Å². The first-order valence-corrected chi connectivity index (χ1v) is 7.58. The van der Waals surface area contributed by atoms with Crippen molar-refractivity contribution in [2.75, 3.05) is 26.3 Å². The lowest BCUT2D eigenvalue weighted by Gasteiger charge is -2.20. The molecule has 1 heterocycles. The zero-order chi connectivity index (χ0) is 14.5. The van der Waals surface area contributed by atoms with E-state index in [0.717, 1.165) is 40.1 Å². The van der Waals surface area contributed by atoms with Crippen molar-refractivity contribution in [1.82, 2.24) is 5.32 Å². The molecule has 0 fully saturated rings. The largest absolute Gasteiger partial charge is 0.490 e. The molecule has 0 radical (unpaired) electrons. The number of ether oxygens (including phenoxy) is 2. The lowest BCUT2D eigenvalue weighted by molar-refractivity contribution is 0.296. The maximum atomic E-state index is 5.87. The summed E-state index contributed by atoms with van der Waals surface area (Å²) >= 11 is 3.55. The van der Waals surface area contributed by atoms with Crippen molar-refractivity contribution in [3.63, 3.8) is 0 Å². The number of nitrogens with two attached hydrogens (primary N) is 1. The summed E-state index contributed by atoms with van der Waals surface area (Å²) in [5.41, 5.74) is 8.04. The van der Waals surface area contributed by atoms with Gasteiger partial charge in [-0.2, -0.15) is 0 Å². The molecular formula is C15H21BrN2O2. The van der Waals surface area contributed by atoms with Crippen LogP contribution in [0.25, 0.3) is 0 Å². The van der Waals surface area contributed by atoms with Gasteiger partial charge in [0.15, 0.2) is 11.5 Å². The third kappa shape index (κ3) is 3.75. The average Bonchev–Trinajstić information content (AvgIpc) is 2.65. The van der Waals surface area contributed by atoms with Crippen LogP contribution in [0.5, 0.6) is 11.5 Å². The molecule has 1 atom stereocenters. The highest BCUT2D eigenvalue weighted by Gasteiger charge is 2.18. The smallest absolute Gasteiger partial charge is 0.175 e. The van der Waals surface area contributed by atoms with E-state index in [1.807, 2.05) is 19.1 Å². The first-order chi connectivity index (χ1) is 9.61. The lowest BCUT2D eigenvalue weighted by atomic mass is 10.1. The molecule has 0 aliphatic carbocycles. The molecule has 0 saturated carbocycles. The predicted molar refractivity (Wildman–Crippen MR) is 84.4 cm³/mol. The van der Waals surface area contributed by atoms with Crippen molar-refractivity contribution in [3.05, 3.63) is 34.3 Å². The quantitative estimate of drug-likeness (QED) is 0.809. The number of benzene rings is 1. The van der Waals surface area contributed by atoms with Gasteiger partial charge >= 0.3 is 0 Å². The van der Waals surface area contributed by atoms with Gasteiger partial charge in [0, 0.05) is 25.6 Å². The van der Waals surface area contributed by atoms with Gasteiger partial charge < -0.3 is 20.5 Å². The molecule has 0 amide bonds. The summed E-state index contributed by atoms with van der Waals surface area (Å²) in [6.07, 6.45) is 0.894. The Bertz CT molecular complexity index is 491. The number of halogens is 1. The molecule has 20 heavy (non-hydrogen) atoms. The molecule has 3 N–H and O–H groups in total. The van der Waals surface area contributed by atoms with Gasteiger partial charge in [-0.3, -0.25) is 0 Å². The standard InChI is InChI=1S/C15H21BrN2O2/c1-10(2)9-18-13(8-17)11-6-12(16)15-14(7-11)19-4-3-5-20-15/h6-7,13,18H,1,3-5,8-9,17H2,2H3. The Morgan fingerprint density at radius 2 is 2.20 bits per heavy atom. The second kappa shape index (κ2) is 7.11. The molecular weight excluding hydrogens is 320 g/mol. The topological polar surface area (TPSA) is 56.5 Å². The Labute approximate surface area is 128 Å². The third-order valence-corrected chi connectivity index (χ3v) is 3.70. The minimum absolute atomic E-state index is 0.0696. The normalized spacial score (nSPS) is 15.6. The van der Waals surface area contributed by atoms with Gasteiger partial charge in [-0.25, -0.2) is 0 Å². The maximum absolute atomic E-state index is 5.87. The summed E-state index contributed by atoms with van der Waals surface area (Å²) in [4.78, 5) is 0. The van der Waals surface area contributed by atoms with Crippen molar-refractivity contribution in [1.29, 1.82) is 0 Å². The second-order valence-corrected chi connectivity index (χ2v) is 5.86. The molecule has 1 aromatic carbocycles. The molecule has 110 valence electrons. The second-order valence-electron chi connectivity index (χ2n) is 5.01. The molecule has 0 bridgehead atoms. The first-order valence-electron chi connectivity index (χ1n) is 6.78. The summed E-state index contributed by atoms with van der Waals surface area (Å²) < 4.78 is 12.4. The molecule has 1 aliphatic heterocycles. The van der Waals surface area contributed by atoms with E-state index >= 15 is 0 Å². The van der Waals surface area contributed by atoms with E-state index in [2.05, 4.69) is 27.8 Å². The monoisotopic (exact) mass is 340 g/mol. The van der Waals surface area contributed by atoms with Crippen LogP contribution in [0.2, 0.25) is 0 Å². The molecule has 2 rings (SSSR count). The minimum Gasteiger partial charge on any atom is -0.490 e. The number of rotatable bonds is 5. The Kier molecular flexibility index (Phi) is 5.46. The van der Waals surface area contributed by atoms with Crippen LogP contribution in [0.3, 0.4) is 0 Å². The molecule has 0 saturated heterocycles. The fourth-order valence-electron chi connectivity index (χ4n) is 2.09. The van der Waals surface area contributed by atoms with Crippen LogP contribution in [0, 0.1) is 0 Å². The molecule has 1 unspecified atom stereocenters. The van der Waals surface area contributed by atoms with Crippen molar-refractivity contribution in [2.24, 2.45) is 5.73 Å². The van der Waals surface area contributed by atoms with Crippen LogP contribution in [0.15, 0.2) is 28.8 Å². The van der Waals surface area contributed by atoms with Crippen molar-refractivity contribution < 1.29 is 9.47 Å². The van der Waals surface area contributed by atoms with Crippen molar-refractivity contribution >= 4 is 15.9 Å². The Morgan fingerprint density at radius 3 is 2.90 bits per heavy atom. The van der Waals surface area contributed by atoms with Crippen LogP contribution >= 0.6 is 15.9 Å². The Morgan fingerprint density at radius 1 is 1.45 bits per heavy atom. The fraction of sp³-hybridized carbons (Fsp3) is 0.467. The highest BCUT2D eigenvalue weighted by atomic mass is 79.9. The Hall–Kier alpha value is -1.04. The van der Waals surface area contributed by atoms with Gasteiger partial charge in [0.05, 0.1) is 17.7 Å². The first kappa shape index (κ1) is 15.4. The molecule has 0 spiro atoms. The van der Waals surface area contributed by atoms with Gasteiger partial charge in [-0.05, 0) is 40.5 Å². The summed E-state index contributed by atoms with van der Waals surface area (Å²) in [6, 6.07) is 4.12. The number of hydrogen-bond donors (Lipinski definition) is 2. The van der Waals surface area contributed by atoms with E-state index < -0.39 is 0 Å². The minimum atomic E-state index is 0.0696. The predicted octanol–water partition coefficient (Wildman–Crippen LogP) is 2.78. The number of nitrogens with one attached hydrogen (secondary N) is 1. The number of fused-ring (bicyclic) bond motifs is 1. The SMILES string of the molecule is C=C(C)CNC(CN)c1cc(Br)c2c(c1)OCCCO2. The van der Waals surface area contributed by atoms with E-state index in [1.54, 1.807) is 0 Å². The highest BCUT2D eigenvalue weighted by Crippen LogP contribution is 2.39. The maximum Gasteiger partial charge on any atom is 0.175 e.